The Morgan fingerprint density at radius 3 is 2.48 bits per heavy atom. The molecule has 3 rings (SSSR count). The average Bonchev–Trinajstić information content (AvgIpc) is 3.16. The smallest absolute Gasteiger partial charge is 0.228 e. The summed E-state index contributed by atoms with van der Waals surface area (Å²) in [5.41, 5.74) is 0. The van der Waals surface area contributed by atoms with Gasteiger partial charge in [0.05, 0.1) is 12.0 Å². The van der Waals surface area contributed by atoms with E-state index in [2.05, 4.69) is 4.90 Å². The van der Waals surface area contributed by atoms with Gasteiger partial charge in [0.1, 0.15) is 0 Å². The van der Waals surface area contributed by atoms with Crippen LogP contribution in [-0.4, -0.2) is 83.0 Å². The van der Waals surface area contributed by atoms with Crippen LogP contribution < -0.4 is 0 Å². The fraction of sp³-hybridized carbons (Fsp3) is 0.882. The quantitative estimate of drug-likeness (QED) is 0.808. The van der Waals surface area contributed by atoms with E-state index in [4.69, 9.17) is 0 Å². The van der Waals surface area contributed by atoms with Crippen LogP contribution in [0.15, 0.2) is 0 Å². The normalized spacial score (nSPS) is 28.6. The Labute approximate surface area is 138 Å². The number of carbonyl (C=O) groups excluding carboxylic acids is 2. The summed E-state index contributed by atoms with van der Waals surface area (Å²) in [5.74, 6) is 0.171. The molecule has 0 bridgehead atoms. The van der Waals surface area contributed by atoms with Crippen molar-refractivity contribution in [3.8, 4) is 0 Å². The van der Waals surface area contributed by atoms with E-state index in [0.29, 0.717) is 38.6 Å². The van der Waals surface area contributed by atoms with Crippen molar-refractivity contribution in [1.29, 1.82) is 0 Å². The van der Waals surface area contributed by atoms with Gasteiger partial charge >= 0.3 is 0 Å². The maximum atomic E-state index is 12.7. The van der Waals surface area contributed by atoms with E-state index in [1.165, 1.54) is 12.8 Å². The lowest BCUT2D eigenvalue weighted by Gasteiger charge is -2.36. The number of rotatable bonds is 4. The maximum absolute atomic E-state index is 12.7. The van der Waals surface area contributed by atoms with Crippen LogP contribution in [0.2, 0.25) is 0 Å². The van der Waals surface area contributed by atoms with Crippen molar-refractivity contribution in [3.63, 3.8) is 0 Å². The molecule has 0 aromatic heterocycles. The van der Waals surface area contributed by atoms with Crippen molar-refractivity contribution in [2.45, 2.75) is 51.2 Å². The van der Waals surface area contributed by atoms with E-state index in [1.807, 2.05) is 9.80 Å². The molecule has 2 aliphatic heterocycles. The molecule has 130 valence electrons. The Balaban J connectivity index is 1.50. The second-order valence-corrected chi connectivity index (χ2v) is 7.36. The molecule has 1 aliphatic carbocycles. The lowest BCUT2D eigenvalue weighted by molar-refractivity contribution is -0.137. The molecule has 2 amide bonds. The zero-order chi connectivity index (χ0) is 16.4. The highest BCUT2D eigenvalue weighted by atomic mass is 16.3. The number of amides is 2. The molecule has 0 spiro atoms. The van der Waals surface area contributed by atoms with Gasteiger partial charge in [0.25, 0.3) is 0 Å². The van der Waals surface area contributed by atoms with Gasteiger partial charge in [-0.15, -0.1) is 0 Å². The first-order chi connectivity index (χ1) is 11.0. The minimum atomic E-state index is -0.329. The highest BCUT2D eigenvalue weighted by Crippen LogP contribution is 2.30. The van der Waals surface area contributed by atoms with E-state index in [1.54, 1.807) is 6.92 Å². The van der Waals surface area contributed by atoms with Gasteiger partial charge in [-0.1, -0.05) is 12.8 Å². The Bertz CT molecular complexity index is 440. The highest BCUT2D eigenvalue weighted by molar-refractivity contribution is 5.89. The topological polar surface area (TPSA) is 64.1 Å². The Hall–Kier alpha value is -1.14. The Kier molecular flexibility index (Phi) is 5.21. The van der Waals surface area contributed by atoms with Crippen LogP contribution in [0.3, 0.4) is 0 Å². The minimum absolute atomic E-state index is 0.147. The van der Waals surface area contributed by atoms with E-state index in [0.717, 1.165) is 25.9 Å². The molecule has 6 nitrogen and oxygen atoms in total. The summed E-state index contributed by atoms with van der Waals surface area (Å²) in [4.78, 5) is 31.0. The zero-order valence-corrected chi connectivity index (χ0v) is 14.1. The Morgan fingerprint density at radius 1 is 1.22 bits per heavy atom. The molecule has 1 N–H and O–H groups in total. The monoisotopic (exact) mass is 323 g/mol. The van der Waals surface area contributed by atoms with E-state index >= 15 is 0 Å². The van der Waals surface area contributed by atoms with Crippen molar-refractivity contribution in [1.82, 2.24) is 14.7 Å². The summed E-state index contributed by atoms with van der Waals surface area (Å²) in [7, 11) is 0. The van der Waals surface area contributed by atoms with Crippen LogP contribution in [0.1, 0.15) is 39.0 Å². The lowest BCUT2D eigenvalue weighted by Crippen LogP contribution is -2.51. The van der Waals surface area contributed by atoms with Crippen molar-refractivity contribution < 1.29 is 14.7 Å². The standard InChI is InChI=1S/C17H29N3O3/c1-13(21)11-18-6-8-19(9-7-18)17(23)14-10-16(22)20(12-14)15-4-2-3-5-15/h13-15,21H,2-12H2,1H3/t13-,14+/m1/s1. The van der Waals surface area contributed by atoms with Crippen LogP contribution >= 0.6 is 0 Å². The molecule has 2 saturated heterocycles. The molecule has 0 aromatic carbocycles. The highest BCUT2D eigenvalue weighted by Gasteiger charge is 2.40. The Morgan fingerprint density at radius 2 is 1.87 bits per heavy atom. The predicted octanol–water partition coefficient (Wildman–Crippen LogP) is 0.303. The summed E-state index contributed by atoms with van der Waals surface area (Å²) < 4.78 is 0. The van der Waals surface area contributed by atoms with Gasteiger partial charge in [-0.2, -0.15) is 0 Å². The number of hydrogen-bond donors (Lipinski definition) is 1. The van der Waals surface area contributed by atoms with Crippen LogP contribution in [0.4, 0.5) is 0 Å². The molecular formula is C17H29N3O3. The van der Waals surface area contributed by atoms with Gasteiger partial charge < -0.3 is 14.9 Å². The summed E-state index contributed by atoms with van der Waals surface area (Å²) in [5, 5.41) is 9.45. The van der Waals surface area contributed by atoms with Gasteiger partial charge in [-0.3, -0.25) is 14.5 Å². The molecule has 3 aliphatic rings. The van der Waals surface area contributed by atoms with Gasteiger partial charge in [0.15, 0.2) is 0 Å². The summed E-state index contributed by atoms with van der Waals surface area (Å²) in [6, 6.07) is 0.378. The molecular weight excluding hydrogens is 294 g/mol. The largest absolute Gasteiger partial charge is 0.392 e. The van der Waals surface area contributed by atoms with E-state index < -0.39 is 0 Å². The molecule has 23 heavy (non-hydrogen) atoms. The zero-order valence-electron chi connectivity index (χ0n) is 14.1. The van der Waals surface area contributed by atoms with E-state index in [9.17, 15) is 14.7 Å². The van der Waals surface area contributed by atoms with Crippen LogP contribution in [0.25, 0.3) is 0 Å². The molecule has 6 heteroatoms. The third-order valence-corrected chi connectivity index (χ3v) is 5.48. The van der Waals surface area contributed by atoms with Gasteiger partial charge in [-0.25, -0.2) is 0 Å². The van der Waals surface area contributed by atoms with Crippen molar-refractivity contribution in [2.75, 3.05) is 39.3 Å². The fourth-order valence-corrected chi connectivity index (χ4v) is 4.25. The third-order valence-electron chi connectivity index (χ3n) is 5.48. The second kappa shape index (κ2) is 7.18. The number of likely N-dealkylation sites (tertiary alicyclic amines) is 1. The number of nitrogens with zero attached hydrogens (tertiary/aromatic N) is 3. The first kappa shape index (κ1) is 16.7. The van der Waals surface area contributed by atoms with Gasteiger partial charge in [0.2, 0.25) is 11.8 Å². The summed E-state index contributed by atoms with van der Waals surface area (Å²) in [6.45, 7) is 6.11. The van der Waals surface area contributed by atoms with E-state index in [-0.39, 0.29) is 23.8 Å². The van der Waals surface area contributed by atoms with Crippen LogP contribution in [0.5, 0.6) is 0 Å². The van der Waals surface area contributed by atoms with Crippen LogP contribution in [0, 0.1) is 5.92 Å². The van der Waals surface area contributed by atoms with Crippen molar-refractivity contribution >= 4 is 11.8 Å². The first-order valence-electron chi connectivity index (χ1n) is 9.03. The molecule has 2 atom stereocenters. The number of aliphatic hydroxyl groups is 1. The first-order valence-corrected chi connectivity index (χ1v) is 9.03. The van der Waals surface area contributed by atoms with Gasteiger partial charge in [0, 0.05) is 51.7 Å². The molecule has 3 fully saturated rings. The lowest BCUT2D eigenvalue weighted by atomic mass is 10.1. The number of carbonyl (C=O) groups is 2. The average molecular weight is 323 g/mol. The predicted molar refractivity (Wildman–Crippen MR) is 86.8 cm³/mol. The summed E-state index contributed by atoms with van der Waals surface area (Å²) in [6.07, 6.45) is 4.68. The molecule has 1 saturated carbocycles. The maximum Gasteiger partial charge on any atom is 0.228 e. The molecule has 0 aromatic rings. The third kappa shape index (κ3) is 3.86. The number of hydrogen-bond acceptors (Lipinski definition) is 4. The molecule has 0 radical (unpaired) electrons. The summed E-state index contributed by atoms with van der Waals surface area (Å²) >= 11 is 0. The number of β-amino-alcohol motifs (C(OH)–C–C–N with tert-alkyl or cyclic N) is 1. The minimum Gasteiger partial charge on any atom is -0.392 e. The van der Waals surface area contributed by atoms with Crippen molar-refractivity contribution in [3.05, 3.63) is 0 Å². The SMILES string of the molecule is C[C@@H](O)CN1CCN(C(=O)[C@H]2CC(=O)N(C3CCCC3)C2)CC1. The van der Waals surface area contributed by atoms with Gasteiger partial charge in [-0.05, 0) is 19.8 Å². The number of aliphatic hydroxyl groups excluding tert-OH is 1. The number of piperazine rings is 1. The van der Waals surface area contributed by atoms with Crippen LogP contribution in [-0.2, 0) is 9.59 Å². The second-order valence-electron chi connectivity index (χ2n) is 7.36. The molecule has 2 heterocycles. The van der Waals surface area contributed by atoms with Crippen molar-refractivity contribution in [2.24, 2.45) is 5.92 Å². The fourth-order valence-electron chi connectivity index (χ4n) is 4.25. The molecule has 0 unspecified atom stereocenters.